The van der Waals surface area contributed by atoms with E-state index in [-0.39, 0.29) is 10.3 Å². The molecule has 0 saturated heterocycles. The first-order chi connectivity index (χ1) is 9.22. The van der Waals surface area contributed by atoms with Crippen molar-refractivity contribution in [2.45, 2.75) is 57.3 Å². The third kappa shape index (κ3) is 4.38. The van der Waals surface area contributed by atoms with Crippen molar-refractivity contribution in [1.29, 1.82) is 0 Å². The third-order valence-corrected chi connectivity index (χ3v) is 4.97. The number of ether oxygens (including phenoxy) is 1. The molecule has 0 N–H and O–H groups in total. The van der Waals surface area contributed by atoms with Crippen LogP contribution in [0.5, 0.6) is 5.75 Å². The molecule has 0 atom stereocenters. The second kappa shape index (κ2) is 6.81. The fraction of sp³-hybridized carbons (Fsp3) is 0.600. The average Bonchev–Trinajstić information content (AvgIpc) is 2.38. The topological polar surface area (TPSA) is 43.4 Å². The predicted molar refractivity (Wildman–Crippen MR) is 83.2 cm³/mol. The molecule has 0 aliphatic heterocycles. The van der Waals surface area contributed by atoms with Crippen LogP contribution < -0.4 is 4.74 Å². The summed E-state index contributed by atoms with van der Waals surface area (Å²) < 4.78 is 29.0. The fourth-order valence-electron chi connectivity index (χ4n) is 1.77. The normalized spacial score (nSPS) is 12.4. The Bertz CT molecular complexity index is 550. The Balaban J connectivity index is 3.21. The van der Waals surface area contributed by atoms with E-state index in [0.717, 1.165) is 24.8 Å². The Kier molecular flexibility index (Phi) is 5.90. The molecule has 0 aliphatic carbocycles. The summed E-state index contributed by atoms with van der Waals surface area (Å²) in [5, 5.41) is 0. The van der Waals surface area contributed by atoms with Crippen molar-refractivity contribution in [3.8, 4) is 5.75 Å². The summed E-state index contributed by atoms with van der Waals surface area (Å²) in [6, 6.07) is 5.25. The zero-order valence-electron chi connectivity index (χ0n) is 12.6. The Morgan fingerprint density at radius 2 is 1.90 bits per heavy atom. The maximum atomic E-state index is 11.7. The van der Waals surface area contributed by atoms with E-state index in [9.17, 15) is 8.42 Å². The average molecular weight is 319 g/mol. The highest BCUT2D eigenvalue weighted by molar-refractivity contribution is 8.13. The zero-order chi connectivity index (χ0) is 15.4. The van der Waals surface area contributed by atoms with Gasteiger partial charge in [-0.1, -0.05) is 40.2 Å². The van der Waals surface area contributed by atoms with Crippen LogP contribution in [0.2, 0.25) is 0 Å². The first kappa shape index (κ1) is 17.3. The molecule has 0 aromatic heterocycles. The summed E-state index contributed by atoms with van der Waals surface area (Å²) in [5.74, 6) is 0.337. The summed E-state index contributed by atoms with van der Waals surface area (Å²) in [6.45, 7) is 8.76. The van der Waals surface area contributed by atoms with Gasteiger partial charge >= 0.3 is 0 Å². The number of benzene rings is 1. The lowest BCUT2D eigenvalue weighted by molar-refractivity contribution is 0.301. The summed E-state index contributed by atoms with van der Waals surface area (Å²) in [7, 11) is 1.72. The van der Waals surface area contributed by atoms with Crippen LogP contribution in [-0.4, -0.2) is 15.0 Å². The molecule has 0 radical (unpaired) electrons. The van der Waals surface area contributed by atoms with Gasteiger partial charge in [-0.2, -0.15) is 0 Å². The van der Waals surface area contributed by atoms with Gasteiger partial charge in [0.05, 0.1) is 6.61 Å². The van der Waals surface area contributed by atoms with E-state index >= 15 is 0 Å². The van der Waals surface area contributed by atoms with Crippen molar-refractivity contribution in [2.24, 2.45) is 0 Å². The van der Waals surface area contributed by atoms with E-state index in [2.05, 4.69) is 27.7 Å². The molecule has 0 heterocycles. The second-order valence-corrected chi connectivity index (χ2v) is 8.07. The molecular formula is C15H23ClO3S. The van der Waals surface area contributed by atoms with Gasteiger partial charge in [0.1, 0.15) is 10.6 Å². The monoisotopic (exact) mass is 318 g/mol. The summed E-state index contributed by atoms with van der Waals surface area (Å²) in [5.41, 5.74) is 0.847. The molecule has 0 aliphatic rings. The van der Waals surface area contributed by atoms with Gasteiger partial charge in [-0.05, 0) is 36.0 Å². The van der Waals surface area contributed by atoms with Crippen LogP contribution in [-0.2, 0) is 14.5 Å². The lowest BCUT2D eigenvalue weighted by Gasteiger charge is -2.24. The Hall–Kier alpha value is -0.740. The van der Waals surface area contributed by atoms with E-state index in [1.54, 1.807) is 12.1 Å². The van der Waals surface area contributed by atoms with Crippen LogP contribution in [0.1, 0.15) is 52.5 Å². The molecule has 20 heavy (non-hydrogen) atoms. The highest BCUT2D eigenvalue weighted by atomic mass is 35.7. The highest BCUT2D eigenvalue weighted by Gasteiger charge is 2.24. The predicted octanol–water partition coefficient (Wildman–Crippen LogP) is 4.48. The lowest BCUT2D eigenvalue weighted by Crippen LogP contribution is -2.16. The Morgan fingerprint density at radius 3 is 2.40 bits per heavy atom. The van der Waals surface area contributed by atoms with Crippen LogP contribution in [0.15, 0.2) is 23.1 Å². The maximum Gasteiger partial charge on any atom is 0.264 e. The maximum absolute atomic E-state index is 11.7. The number of halogens is 1. The van der Waals surface area contributed by atoms with Crippen molar-refractivity contribution in [2.75, 3.05) is 6.61 Å². The highest BCUT2D eigenvalue weighted by Crippen LogP contribution is 2.34. The van der Waals surface area contributed by atoms with E-state index in [1.807, 2.05) is 6.07 Å². The molecule has 1 aromatic carbocycles. The number of rotatable bonds is 7. The molecule has 1 rings (SSSR count). The molecule has 5 heteroatoms. The van der Waals surface area contributed by atoms with Crippen LogP contribution >= 0.6 is 10.7 Å². The zero-order valence-corrected chi connectivity index (χ0v) is 14.1. The lowest BCUT2D eigenvalue weighted by atomic mass is 9.82. The first-order valence-corrected chi connectivity index (χ1v) is 9.25. The molecule has 0 amide bonds. The van der Waals surface area contributed by atoms with Gasteiger partial charge in [-0.3, -0.25) is 0 Å². The molecule has 3 nitrogen and oxygen atoms in total. The summed E-state index contributed by atoms with van der Waals surface area (Å²) >= 11 is 0. The molecule has 0 fully saturated rings. The first-order valence-electron chi connectivity index (χ1n) is 6.94. The van der Waals surface area contributed by atoms with E-state index in [1.165, 1.54) is 0 Å². The minimum atomic E-state index is -3.81. The number of hydrogen-bond donors (Lipinski definition) is 0. The van der Waals surface area contributed by atoms with E-state index in [0.29, 0.717) is 12.4 Å². The van der Waals surface area contributed by atoms with Crippen molar-refractivity contribution in [3.63, 3.8) is 0 Å². The Morgan fingerprint density at radius 1 is 1.25 bits per heavy atom. The molecular weight excluding hydrogens is 296 g/mol. The Labute approximate surface area is 126 Å². The van der Waals surface area contributed by atoms with Gasteiger partial charge in [0.2, 0.25) is 0 Å². The second-order valence-electron chi connectivity index (χ2n) is 5.54. The smallest absolute Gasteiger partial charge is 0.264 e. The van der Waals surface area contributed by atoms with Gasteiger partial charge < -0.3 is 4.74 Å². The van der Waals surface area contributed by atoms with Gasteiger partial charge in [0, 0.05) is 10.7 Å². The van der Waals surface area contributed by atoms with Crippen molar-refractivity contribution >= 4 is 19.7 Å². The van der Waals surface area contributed by atoms with Crippen molar-refractivity contribution in [1.82, 2.24) is 0 Å². The molecule has 0 unspecified atom stereocenters. The number of unbranched alkanes of at least 4 members (excludes halogenated alkanes) is 1. The van der Waals surface area contributed by atoms with Crippen LogP contribution in [0.25, 0.3) is 0 Å². The largest absolute Gasteiger partial charge is 0.492 e. The molecule has 114 valence electrons. The minimum Gasteiger partial charge on any atom is -0.492 e. The van der Waals surface area contributed by atoms with Crippen LogP contribution in [0.4, 0.5) is 0 Å². The number of hydrogen-bond acceptors (Lipinski definition) is 3. The van der Waals surface area contributed by atoms with Crippen molar-refractivity contribution in [3.05, 3.63) is 23.8 Å². The van der Waals surface area contributed by atoms with Gasteiger partial charge in [0.15, 0.2) is 0 Å². The quantitative estimate of drug-likeness (QED) is 0.550. The third-order valence-electron chi connectivity index (χ3n) is 3.63. The standard InChI is InChI=1S/C15H23ClO3S/c1-5-7-10-19-13-9-8-12(15(3,4)6-2)11-14(13)20(16,17)18/h8-9,11H,5-7,10H2,1-4H3. The van der Waals surface area contributed by atoms with Crippen molar-refractivity contribution < 1.29 is 13.2 Å². The molecule has 1 aromatic rings. The van der Waals surface area contributed by atoms with Crippen LogP contribution in [0, 0.1) is 0 Å². The van der Waals surface area contributed by atoms with E-state index < -0.39 is 9.05 Å². The molecule has 0 spiro atoms. The van der Waals surface area contributed by atoms with Crippen LogP contribution in [0.3, 0.4) is 0 Å². The molecule has 0 saturated carbocycles. The SMILES string of the molecule is CCCCOc1ccc(C(C)(C)CC)cc1S(=O)(=O)Cl. The minimum absolute atomic E-state index is 0.0642. The van der Waals surface area contributed by atoms with Gasteiger partial charge in [-0.25, -0.2) is 8.42 Å². The summed E-state index contributed by atoms with van der Waals surface area (Å²) in [4.78, 5) is 0.0642. The van der Waals surface area contributed by atoms with Gasteiger partial charge in [-0.15, -0.1) is 0 Å². The van der Waals surface area contributed by atoms with E-state index in [4.69, 9.17) is 15.4 Å². The fourth-order valence-corrected chi connectivity index (χ4v) is 2.77. The summed E-state index contributed by atoms with van der Waals surface area (Å²) in [6.07, 6.45) is 2.78. The van der Waals surface area contributed by atoms with Gasteiger partial charge in [0.25, 0.3) is 9.05 Å². The molecule has 0 bridgehead atoms.